The topological polar surface area (TPSA) is 106 Å². The molecule has 1 atom stereocenters. The Morgan fingerprint density at radius 3 is 2.81 bits per heavy atom. The van der Waals surface area contributed by atoms with Crippen molar-refractivity contribution in [1.82, 2.24) is 24.5 Å². The van der Waals surface area contributed by atoms with Crippen LogP contribution in [0.1, 0.15) is 35.5 Å². The van der Waals surface area contributed by atoms with E-state index in [0.29, 0.717) is 56.5 Å². The summed E-state index contributed by atoms with van der Waals surface area (Å²) in [6.07, 6.45) is -3.37. The number of ether oxygens (including phenoxy) is 1. The van der Waals surface area contributed by atoms with E-state index in [-0.39, 0.29) is 34.6 Å². The fraction of sp³-hybridized carbons (Fsp3) is 0.429. The van der Waals surface area contributed by atoms with Crippen LogP contribution < -0.4 is 21.1 Å². The zero-order chi connectivity index (χ0) is 30.5. The number of rotatable bonds is 6. The molecule has 1 aromatic carbocycles. The van der Waals surface area contributed by atoms with Gasteiger partial charge in [-0.05, 0) is 49.6 Å². The lowest BCUT2D eigenvalue weighted by atomic mass is 10.1. The second-order valence-electron chi connectivity index (χ2n) is 10.5. The van der Waals surface area contributed by atoms with Crippen molar-refractivity contribution in [2.75, 3.05) is 36.5 Å². The number of carbonyl (C=O) groups excluding carboxylic acids is 1. The Bertz CT molecular complexity index is 1740. The van der Waals surface area contributed by atoms with Gasteiger partial charge in [0.2, 0.25) is 11.7 Å². The van der Waals surface area contributed by atoms with Gasteiger partial charge < -0.3 is 24.8 Å². The SMILES string of the molecule is CCc1c(N2CCNCC2C)c(=O)n2nc(-c3cc4c(s3)COCC4)nc2n1CC(=O)Nc1ccc(C(F)(F)F)cc1Cl. The summed E-state index contributed by atoms with van der Waals surface area (Å²) >= 11 is 7.62. The molecule has 6 rings (SSSR count). The van der Waals surface area contributed by atoms with Crippen molar-refractivity contribution in [3.05, 3.63) is 61.3 Å². The molecule has 2 N–H and O–H groups in total. The van der Waals surface area contributed by atoms with Crippen molar-refractivity contribution in [2.24, 2.45) is 0 Å². The summed E-state index contributed by atoms with van der Waals surface area (Å²) in [6, 6.07) is 4.77. The third-order valence-corrected chi connectivity index (χ3v) is 9.15. The maximum Gasteiger partial charge on any atom is 0.416 e. The first-order valence-electron chi connectivity index (χ1n) is 13.9. The lowest BCUT2D eigenvalue weighted by Gasteiger charge is -2.36. The maximum absolute atomic E-state index is 14.0. The number of fused-ring (bicyclic) bond motifs is 2. The van der Waals surface area contributed by atoms with Gasteiger partial charge in [-0.25, -0.2) is 0 Å². The number of thiophene rings is 1. The molecule has 1 fully saturated rings. The molecule has 3 aromatic heterocycles. The molecule has 10 nitrogen and oxygen atoms in total. The van der Waals surface area contributed by atoms with Gasteiger partial charge in [0.25, 0.3) is 5.56 Å². The highest BCUT2D eigenvalue weighted by Gasteiger charge is 2.32. The first-order valence-corrected chi connectivity index (χ1v) is 15.1. The van der Waals surface area contributed by atoms with Crippen molar-refractivity contribution < 1.29 is 22.7 Å². The van der Waals surface area contributed by atoms with Crippen LogP contribution in [0.5, 0.6) is 0 Å². The van der Waals surface area contributed by atoms with E-state index >= 15 is 0 Å². The van der Waals surface area contributed by atoms with Crippen LogP contribution in [0.25, 0.3) is 16.5 Å². The summed E-state index contributed by atoms with van der Waals surface area (Å²) < 4.78 is 47.8. The van der Waals surface area contributed by atoms with Crippen molar-refractivity contribution in [3.63, 3.8) is 0 Å². The standard InChI is InChI=1S/C28H29ClF3N7O3S/c1-3-20-24(37-8-7-33-12-15(37)2)26(41)39-27(35-25(36-39)21-10-16-6-9-42-14-22(16)43-21)38(20)13-23(40)34-19-5-4-17(11-18(19)29)28(30,31)32/h4-5,10-11,15,33H,3,6-9,12-14H2,1-2H3,(H,34,40). The molecule has 43 heavy (non-hydrogen) atoms. The van der Waals surface area contributed by atoms with Crippen LogP contribution in [0.4, 0.5) is 24.5 Å². The third kappa shape index (κ3) is 5.64. The van der Waals surface area contributed by atoms with E-state index in [9.17, 15) is 22.8 Å². The third-order valence-electron chi connectivity index (χ3n) is 7.69. The molecule has 0 aliphatic carbocycles. The molecular weight excluding hydrogens is 607 g/mol. The number of hydrogen-bond donors (Lipinski definition) is 2. The van der Waals surface area contributed by atoms with E-state index in [0.717, 1.165) is 39.9 Å². The van der Waals surface area contributed by atoms with Gasteiger partial charge >= 0.3 is 6.18 Å². The Kier molecular flexibility index (Phi) is 7.96. The minimum atomic E-state index is -4.57. The molecule has 0 saturated carbocycles. The average Bonchev–Trinajstić information content (AvgIpc) is 3.61. The van der Waals surface area contributed by atoms with Gasteiger partial charge in [-0.1, -0.05) is 18.5 Å². The zero-order valence-electron chi connectivity index (χ0n) is 23.4. The first kappa shape index (κ1) is 29.6. The van der Waals surface area contributed by atoms with Crippen LogP contribution >= 0.6 is 22.9 Å². The highest BCUT2D eigenvalue weighted by Crippen LogP contribution is 2.35. The number of nitrogens with one attached hydrogen (secondary N) is 2. The molecule has 0 radical (unpaired) electrons. The Morgan fingerprint density at radius 1 is 1.30 bits per heavy atom. The van der Waals surface area contributed by atoms with Gasteiger partial charge in [0.15, 0.2) is 5.82 Å². The van der Waals surface area contributed by atoms with Crippen LogP contribution in [0.15, 0.2) is 29.1 Å². The Hall–Kier alpha value is -3.46. The molecule has 15 heteroatoms. The minimum Gasteiger partial charge on any atom is -0.376 e. The molecule has 2 aliphatic rings. The molecule has 1 amide bonds. The number of halogens is 4. The number of benzene rings is 1. The normalized spacial score (nSPS) is 17.3. The van der Waals surface area contributed by atoms with Crippen LogP contribution in [-0.2, 0) is 41.7 Å². The molecule has 5 heterocycles. The van der Waals surface area contributed by atoms with Gasteiger partial charge in [-0.2, -0.15) is 22.7 Å². The van der Waals surface area contributed by atoms with Crippen molar-refractivity contribution in [1.29, 1.82) is 0 Å². The second kappa shape index (κ2) is 11.6. The largest absolute Gasteiger partial charge is 0.416 e. The molecule has 0 spiro atoms. The fourth-order valence-electron chi connectivity index (χ4n) is 5.56. The van der Waals surface area contributed by atoms with Gasteiger partial charge in [0, 0.05) is 30.6 Å². The van der Waals surface area contributed by atoms with Crippen LogP contribution in [0, 0.1) is 0 Å². The minimum absolute atomic E-state index is 0.00411. The second-order valence-corrected chi connectivity index (χ2v) is 12.1. The van der Waals surface area contributed by atoms with Crippen LogP contribution in [0.3, 0.4) is 0 Å². The summed E-state index contributed by atoms with van der Waals surface area (Å²) in [4.78, 5) is 36.1. The smallest absolute Gasteiger partial charge is 0.376 e. The molecule has 1 saturated heterocycles. The van der Waals surface area contributed by atoms with Gasteiger partial charge in [-0.15, -0.1) is 16.4 Å². The Labute approximate surface area is 253 Å². The predicted molar refractivity (Wildman–Crippen MR) is 158 cm³/mol. The molecule has 228 valence electrons. The molecule has 2 aliphatic heterocycles. The van der Waals surface area contributed by atoms with Crippen molar-refractivity contribution >= 4 is 46.0 Å². The highest BCUT2D eigenvalue weighted by atomic mass is 35.5. The van der Waals surface area contributed by atoms with E-state index in [1.54, 1.807) is 4.57 Å². The van der Waals surface area contributed by atoms with E-state index in [4.69, 9.17) is 21.3 Å². The zero-order valence-corrected chi connectivity index (χ0v) is 25.0. The van der Waals surface area contributed by atoms with Crippen molar-refractivity contribution in [2.45, 2.75) is 52.1 Å². The summed E-state index contributed by atoms with van der Waals surface area (Å²) in [5, 5.41) is 10.3. The van der Waals surface area contributed by atoms with Gasteiger partial charge in [0.05, 0.1) is 40.1 Å². The summed E-state index contributed by atoms with van der Waals surface area (Å²) in [5.41, 5.74) is 1.01. The number of piperazine rings is 1. The van der Waals surface area contributed by atoms with Crippen LogP contribution in [0.2, 0.25) is 5.02 Å². The number of alkyl halides is 3. The number of anilines is 2. The first-order chi connectivity index (χ1) is 20.5. The summed E-state index contributed by atoms with van der Waals surface area (Å²) in [6.45, 7) is 6.74. The molecule has 0 bridgehead atoms. The van der Waals surface area contributed by atoms with E-state index in [1.807, 2.05) is 24.8 Å². The number of hydrogen-bond acceptors (Lipinski definition) is 8. The average molecular weight is 636 g/mol. The lowest BCUT2D eigenvalue weighted by Crippen LogP contribution is -2.52. The Morgan fingerprint density at radius 2 is 2.12 bits per heavy atom. The highest BCUT2D eigenvalue weighted by molar-refractivity contribution is 7.15. The molecule has 1 unspecified atom stereocenters. The quantitative estimate of drug-likeness (QED) is 0.324. The number of amides is 1. The van der Waals surface area contributed by atoms with E-state index in [2.05, 4.69) is 15.7 Å². The van der Waals surface area contributed by atoms with Crippen LogP contribution in [-0.4, -0.2) is 57.4 Å². The molecule has 4 aromatic rings. The fourth-order valence-corrected chi connectivity index (χ4v) is 6.87. The summed E-state index contributed by atoms with van der Waals surface area (Å²) in [5.74, 6) is 0.0122. The lowest BCUT2D eigenvalue weighted by molar-refractivity contribution is -0.137. The summed E-state index contributed by atoms with van der Waals surface area (Å²) in [7, 11) is 0. The van der Waals surface area contributed by atoms with Gasteiger partial charge in [0.1, 0.15) is 12.2 Å². The molecular formula is C28H29ClF3N7O3S. The van der Waals surface area contributed by atoms with Crippen molar-refractivity contribution in [3.8, 4) is 10.7 Å². The predicted octanol–water partition coefficient (Wildman–Crippen LogP) is 4.36. The number of aromatic nitrogens is 4. The monoisotopic (exact) mass is 635 g/mol. The van der Waals surface area contributed by atoms with E-state index in [1.165, 1.54) is 15.9 Å². The Balaban J connectivity index is 1.44. The van der Waals surface area contributed by atoms with E-state index < -0.39 is 17.6 Å². The number of carbonyl (C=O) groups is 1. The number of nitrogens with zero attached hydrogens (tertiary/aromatic N) is 5. The maximum atomic E-state index is 14.0. The van der Waals surface area contributed by atoms with Gasteiger partial charge in [-0.3, -0.25) is 9.59 Å².